The van der Waals surface area contributed by atoms with E-state index >= 15 is 0 Å². The van der Waals surface area contributed by atoms with E-state index < -0.39 is 0 Å². The van der Waals surface area contributed by atoms with Crippen LogP contribution in [0.2, 0.25) is 0 Å². The molecule has 4 rings (SSSR count). The van der Waals surface area contributed by atoms with Crippen LogP contribution in [0, 0.1) is 5.92 Å². The number of piperidine rings is 1. The second kappa shape index (κ2) is 11.6. The van der Waals surface area contributed by atoms with Crippen LogP contribution in [0.1, 0.15) is 59.7 Å². The van der Waals surface area contributed by atoms with E-state index in [1.165, 1.54) is 16.7 Å². The van der Waals surface area contributed by atoms with E-state index in [9.17, 15) is 9.59 Å². The third-order valence-corrected chi connectivity index (χ3v) is 7.04. The molecule has 33 heavy (non-hydrogen) atoms. The van der Waals surface area contributed by atoms with Gasteiger partial charge in [0.25, 0.3) is 0 Å². The Morgan fingerprint density at radius 3 is 2.64 bits per heavy atom. The Morgan fingerprint density at radius 1 is 1.06 bits per heavy atom. The standard InChI is InChI=1S/C28H36N2O3/c1-2-33-28(32)26-18-21(12-15-29-26)8-11-27(31)25-10-9-23-13-16-30(17-14-24(23)19-25)20-22-6-4-3-5-7-22/h3-7,9-10,19,21,26,29H,2,8,11-18,20H2,1H3. The lowest BCUT2D eigenvalue weighted by molar-refractivity contribution is -0.146. The molecule has 5 nitrogen and oxygen atoms in total. The first-order valence-corrected chi connectivity index (χ1v) is 12.4. The number of nitrogens with zero attached hydrogens (tertiary/aromatic N) is 1. The van der Waals surface area contributed by atoms with Gasteiger partial charge in [0.05, 0.1) is 6.61 Å². The van der Waals surface area contributed by atoms with Crippen LogP contribution < -0.4 is 5.32 Å². The molecule has 2 aromatic carbocycles. The predicted molar refractivity (Wildman–Crippen MR) is 130 cm³/mol. The predicted octanol–water partition coefficient (Wildman–Crippen LogP) is 4.18. The fourth-order valence-corrected chi connectivity index (χ4v) is 5.11. The highest BCUT2D eigenvalue weighted by Gasteiger charge is 2.28. The number of hydrogen-bond acceptors (Lipinski definition) is 5. The molecule has 2 aromatic rings. The van der Waals surface area contributed by atoms with Crippen molar-refractivity contribution in [2.75, 3.05) is 26.2 Å². The van der Waals surface area contributed by atoms with Gasteiger partial charge >= 0.3 is 5.97 Å². The number of nitrogens with one attached hydrogen (secondary N) is 1. The van der Waals surface area contributed by atoms with Crippen molar-refractivity contribution in [1.82, 2.24) is 10.2 Å². The molecule has 0 bridgehead atoms. The summed E-state index contributed by atoms with van der Waals surface area (Å²) in [6.07, 6.45) is 5.15. The second-order valence-electron chi connectivity index (χ2n) is 9.36. The van der Waals surface area contributed by atoms with E-state index in [4.69, 9.17) is 4.74 Å². The van der Waals surface area contributed by atoms with Crippen LogP contribution in [0.3, 0.4) is 0 Å². The van der Waals surface area contributed by atoms with Gasteiger partial charge in [-0.05, 0) is 74.2 Å². The topological polar surface area (TPSA) is 58.6 Å². The van der Waals surface area contributed by atoms with Crippen molar-refractivity contribution in [2.24, 2.45) is 5.92 Å². The van der Waals surface area contributed by atoms with E-state index in [2.05, 4.69) is 52.7 Å². The first-order valence-electron chi connectivity index (χ1n) is 12.4. The maximum atomic E-state index is 13.0. The molecule has 0 aromatic heterocycles. The fraction of sp³-hybridized carbons (Fsp3) is 0.500. The molecule has 2 heterocycles. The summed E-state index contributed by atoms with van der Waals surface area (Å²) in [7, 11) is 0. The number of carbonyl (C=O) groups excluding carboxylic acids is 2. The maximum absolute atomic E-state index is 13.0. The van der Waals surface area contributed by atoms with Gasteiger partial charge in [0.2, 0.25) is 0 Å². The van der Waals surface area contributed by atoms with Gasteiger partial charge in [-0.15, -0.1) is 0 Å². The number of ketones is 1. The fourth-order valence-electron chi connectivity index (χ4n) is 5.11. The molecule has 2 unspecified atom stereocenters. The molecule has 1 fully saturated rings. The summed E-state index contributed by atoms with van der Waals surface area (Å²) in [6, 6.07) is 16.7. The minimum atomic E-state index is -0.231. The monoisotopic (exact) mass is 448 g/mol. The zero-order valence-electron chi connectivity index (χ0n) is 19.7. The van der Waals surface area contributed by atoms with E-state index in [0.29, 0.717) is 18.9 Å². The molecule has 176 valence electrons. The van der Waals surface area contributed by atoms with Crippen LogP contribution in [0.5, 0.6) is 0 Å². The lowest BCUT2D eigenvalue weighted by atomic mass is 9.87. The molecule has 0 aliphatic carbocycles. The molecule has 0 radical (unpaired) electrons. The van der Waals surface area contributed by atoms with Gasteiger partial charge in [-0.2, -0.15) is 0 Å². The van der Waals surface area contributed by atoms with Crippen LogP contribution in [0.25, 0.3) is 0 Å². The smallest absolute Gasteiger partial charge is 0.323 e. The normalized spacial score (nSPS) is 21.1. The molecule has 1 saturated heterocycles. The van der Waals surface area contributed by atoms with Crippen molar-refractivity contribution in [3.63, 3.8) is 0 Å². The number of benzene rings is 2. The van der Waals surface area contributed by atoms with Gasteiger partial charge < -0.3 is 10.1 Å². The molecule has 0 saturated carbocycles. The first-order chi connectivity index (χ1) is 16.1. The molecule has 0 amide bonds. The van der Waals surface area contributed by atoms with Crippen molar-refractivity contribution < 1.29 is 14.3 Å². The molecule has 1 N–H and O–H groups in total. The van der Waals surface area contributed by atoms with Crippen molar-refractivity contribution >= 4 is 11.8 Å². The Hall–Kier alpha value is -2.50. The summed E-state index contributed by atoms with van der Waals surface area (Å²) in [4.78, 5) is 27.5. The summed E-state index contributed by atoms with van der Waals surface area (Å²) < 4.78 is 5.16. The lowest BCUT2D eigenvalue weighted by Crippen LogP contribution is -2.44. The maximum Gasteiger partial charge on any atom is 0.323 e. The van der Waals surface area contributed by atoms with Crippen LogP contribution in [0.15, 0.2) is 48.5 Å². The Balaban J connectivity index is 1.30. The van der Waals surface area contributed by atoms with E-state index in [-0.39, 0.29) is 17.8 Å². The Labute approximate surface area is 197 Å². The molecule has 0 spiro atoms. The number of esters is 1. The number of hydrogen-bond donors (Lipinski definition) is 1. The largest absolute Gasteiger partial charge is 0.465 e. The summed E-state index contributed by atoms with van der Waals surface area (Å²) in [5.41, 5.74) is 4.88. The average Bonchev–Trinajstić information content (AvgIpc) is 3.05. The lowest BCUT2D eigenvalue weighted by Gasteiger charge is -2.28. The summed E-state index contributed by atoms with van der Waals surface area (Å²) in [6.45, 7) is 6.08. The number of carbonyl (C=O) groups is 2. The van der Waals surface area contributed by atoms with Gasteiger partial charge in [-0.3, -0.25) is 14.5 Å². The van der Waals surface area contributed by atoms with Gasteiger partial charge in [-0.25, -0.2) is 0 Å². The second-order valence-corrected chi connectivity index (χ2v) is 9.36. The molecular weight excluding hydrogens is 412 g/mol. The summed E-state index contributed by atoms with van der Waals surface area (Å²) in [5, 5.41) is 3.25. The third-order valence-electron chi connectivity index (χ3n) is 7.04. The number of rotatable bonds is 8. The van der Waals surface area contributed by atoms with Gasteiger partial charge in [-0.1, -0.05) is 42.5 Å². The highest BCUT2D eigenvalue weighted by molar-refractivity contribution is 5.96. The van der Waals surface area contributed by atoms with Crippen LogP contribution in [-0.2, 0) is 28.9 Å². The Morgan fingerprint density at radius 2 is 1.85 bits per heavy atom. The third kappa shape index (κ3) is 6.52. The Bertz CT molecular complexity index is 943. The van der Waals surface area contributed by atoms with Crippen molar-refractivity contribution in [1.29, 1.82) is 0 Å². The van der Waals surface area contributed by atoms with Gasteiger partial charge in [0, 0.05) is 31.6 Å². The van der Waals surface area contributed by atoms with E-state index in [1.807, 2.05) is 13.0 Å². The number of Topliss-reactive ketones (excluding diaryl/α,β-unsaturated/α-hetero) is 1. The minimum Gasteiger partial charge on any atom is -0.465 e. The zero-order valence-corrected chi connectivity index (χ0v) is 19.7. The molecular formula is C28H36N2O3. The minimum absolute atomic E-state index is 0.166. The molecule has 2 aliphatic rings. The molecule has 2 aliphatic heterocycles. The van der Waals surface area contributed by atoms with E-state index in [1.54, 1.807) is 0 Å². The Kier molecular flexibility index (Phi) is 8.30. The molecule has 5 heteroatoms. The SMILES string of the molecule is CCOC(=O)C1CC(CCC(=O)c2ccc3c(c2)CCN(Cc2ccccc2)CC3)CCN1. The number of fused-ring (bicyclic) bond motifs is 1. The van der Waals surface area contributed by atoms with Gasteiger partial charge in [0.1, 0.15) is 6.04 Å². The summed E-state index contributed by atoms with van der Waals surface area (Å²) >= 11 is 0. The highest BCUT2D eigenvalue weighted by atomic mass is 16.5. The van der Waals surface area contributed by atoms with Crippen molar-refractivity contribution in [3.05, 3.63) is 70.8 Å². The number of ether oxygens (including phenoxy) is 1. The summed E-state index contributed by atoms with van der Waals surface area (Å²) in [5.74, 6) is 0.437. The molecule has 2 atom stereocenters. The highest BCUT2D eigenvalue weighted by Crippen LogP contribution is 2.25. The van der Waals surface area contributed by atoms with Crippen LogP contribution >= 0.6 is 0 Å². The van der Waals surface area contributed by atoms with E-state index in [0.717, 1.165) is 63.8 Å². The van der Waals surface area contributed by atoms with Gasteiger partial charge in [0.15, 0.2) is 5.78 Å². The first kappa shape index (κ1) is 23.7. The van der Waals surface area contributed by atoms with Crippen molar-refractivity contribution in [3.8, 4) is 0 Å². The zero-order chi connectivity index (χ0) is 23.0. The van der Waals surface area contributed by atoms with Crippen molar-refractivity contribution in [2.45, 2.75) is 58.0 Å². The van der Waals surface area contributed by atoms with Crippen LogP contribution in [-0.4, -0.2) is 48.9 Å². The average molecular weight is 449 g/mol. The quantitative estimate of drug-likeness (QED) is 0.485. The van der Waals surface area contributed by atoms with Crippen LogP contribution in [0.4, 0.5) is 0 Å².